The number of thiazole rings is 1. The summed E-state index contributed by atoms with van der Waals surface area (Å²) >= 11 is 1.43. The molecule has 0 radical (unpaired) electrons. The third kappa shape index (κ3) is 4.20. The number of rotatable bonds is 6. The number of amides is 1. The van der Waals surface area contributed by atoms with Crippen molar-refractivity contribution in [3.63, 3.8) is 0 Å². The number of nitrogens with one attached hydrogen (secondary N) is 1. The molecule has 1 amide bonds. The highest BCUT2D eigenvalue weighted by atomic mass is 32.2. The lowest BCUT2D eigenvalue weighted by Gasteiger charge is -2.21. The van der Waals surface area contributed by atoms with E-state index in [1.54, 1.807) is 18.4 Å². The number of sulfonamides is 1. The number of fused-ring (bicyclic) bond motifs is 1. The zero-order valence-electron chi connectivity index (χ0n) is 16.1. The van der Waals surface area contributed by atoms with E-state index in [1.165, 1.54) is 21.9 Å². The van der Waals surface area contributed by atoms with Crippen molar-refractivity contribution in [3.8, 4) is 11.3 Å². The molecule has 2 aromatic heterocycles. The van der Waals surface area contributed by atoms with Gasteiger partial charge in [0.2, 0.25) is 15.9 Å². The number of furan rings is 1. The number of aromatic nitrogens is 1. The van der Waals surface area contributed by atoms with Gasteiger partial charge in [-0.2, -0.15) is 0 Å². The zero-order chi connectivity index (χ0) is 20.6. The van der Waals surface area contributed by atoms with E-state index in [-0.39, 0.29) is 18.4 Å². The van der Waals surface area contributed by atoms with Crippen molar-refractivity contribution in [2.75, 3.05) is 10.6 Å². The highest BCUT2D eigenvalue weighted by molar-refractivity contribution is 7.92. The topological polar surface area (TPSA) is 92.5 Å². The van der Waals surface area contributed by atoms with Crippen molar-refractivity contribution in [1.29, 1.82) is 0 Å². The number of anilines is 1. The Balaban J connectivity index is 1.46. The Hall–Kier alpha value is -2.65. The van der Waals surface area contributed by atoms with E-state index in [4.69, 9.17) is 4.42 Å². The van der Waals surface area contributed by atoms with E-state index in [0.29, 0.717) is 18.7 Å². The zero-order valence-corrected chi connectivity index (χ0v) is 17.7. The van der Waals surface area contributed by atoms with Gasteiger partial charge in [0.15, 0.2) is 0 Å². The van der Waals surface area contributed by atoms with Crippen molar-refractivity contribution in [2.24, 2.45) is 0 Å². The van der Waals surface area contributed by atoms with Crippen LogP contribution >= 0.6 is 11.3 Å². The Bertz CT molecular complexity index is 1140. The molecular formula is C20H21N3O4S2. The second-order valence-corrected chi connectivity index (χ2v) is 9.92. The first-order valence-corrected chi connectivity index (χ1v) is 11.9. The molecule has 3 aromatic rings. The molecule has 1 aliphatic heterocycles. The number of carbonyl (C=O) groups excluding carboxylic acids is 1. The molecule has 1 aromatic carbocycles. The lowest BCUT2D eigenvalue weighted by atomic mass is 10.1. The average molecular weight is 432 g/mol. The minimum atomic E-state index is -3.31. The Labute approximate surface area is 173 Å². The number of hydrogen-bond acceptors (Lipinski definition) is 6. The third-order valence-electron chi connectivity index (χ3n) is 4.79. The highest BCUT2D eigenvalue weighted by Crippen LogP contribution is 2.37. The first kappa shape index (κ1) is 19.7. The predicted octanol–water partition coefficient (Wildman–Crippen LogP) is 2.97. The van der Waals surface area contributed by atoms with Crippen LogP contribution in [0.2, 0.25) is 0 Å². The second-order valence-electron chi connectivity index (χ2n) is 7.11. The van der Waals surface area contributed by atoms with Crippen molar-refractivity contribution in [2.45, 2.75) is 32.4 Å². The molecule has 3 heterocycles. The van der Waals surface area contributed by atoms with Crippen molar-refractivity contribution < 1.29 is 17.6 Å². The van der Waals surface area contributed by atoms with Crippen LogP contribution in [-0.4, -0.2) is 31.6 Å². The van der Waals surface area contributed by atoms with E-state index in [9.17, 15) is 13.2 Å². The fraction of sp³-hybridized carbons (Fsp3) is 0.300. The van der Waals surface area contributed by atoms with Crippen LogP contribution in [0, 0.1) is 0 Å². The molecule has 29 heavy (non-hydrogen) atoms. The molecule has 0 fully saturated rings. The average Bonchev–Trinajstić information content (AvgIpc) is 3.37. The van der Waals surface area contributed by atoms with Crippen LogP contribution in [0.15, 0.2) is 46.4 Å². The van der Waals surface area contributed by atoms with Gasteiger partial charge >= 0.3 is 0 Å². The van der Waals surface area contributed by atoms with Gasteiger partial charge in [0, 0.05) is 17.0 Å². The normalized spacial score (nSPS) is 16.1. The molecule has 0 aliphatic carbocycles. The number of nitrogens with zero attached hydrogens (tertiary/aromatic N) is 2. The van der Waals surface area contributed by atoms with Gasteiger partial charge in [-0.1, -0.05) is 6.07 Å². The molecule has 0 saturated heterocycles. The van der Waals surface area contributed by atoms with Gasteiger partial charge in [0.1, 0.15) is 10.8 Å². The Kier molecular flexibility index (Phi) is 5.18. The van der Waals surface area contributed by atoms with E-state index >= 15 is 0 Å². The van der Waals surface area contributed by atoms with Crippen LogP contribution < -0.4 is 9.62 Å². The van der Waals surface area contributed by atoms with Crippen LogP contribution in [0.4, 0.5) is 5.69 Å². The summed E-state index contributed by atoms with van der Waals surface area (Å²) in [6, 6.07) is 9.20. The summed E-state index contributed by atoms with van der Waals surface area (Å²) in [5.41, 5.74) is 3.43. The van der Waals surface area contributed by atoms with Gasteiger partial charge in [-0.15, -0.1) is 11.3 Å². The summed E-state index contributed by atoms with van der Waals surface area (Å²) in [5.74, 6) is 0.586. The van der Waals surface area contributed by atoms with Crippen molar-refractivity contribution in [1.82, 2.24) is 10.3 Å². The largest absolute Gasteiger partial charge is 0.467 e. The lowest BCUT2D eigenvalue weighted by molar-refractivity contribution is -0.120. The van der Waals surface area contributed by atoms with Gasteiger partial charge in [0.05, 0.1) is 36.9 Å². The van der Waals surface area contributed by atoms with Crippen LogP contribution in [0.3, 0.4) is 0 Å². The van der Waals surface area contributed by atoms with E-state index in [2.05, 4.69) is 10.3 Å². The van der Waals surface area contributed by atoms with E-state index in [1.807, 2.05) is 30.5 Å². The van der Waals surface area contributed by atoms with Gasteiger partial charge < -0.3 is 9.73 Å². The highest BCUT2D eigenvalue weighted by Gasteiger charge is 2.32. The standard InChI is InChI=1S/C20H21N3O4S2/c1-13-8-15-9-14(5-6-18(15)23(13)29(2,25)26)17-12-28-20(22-17)10-19(24)21-11-16-4-3-7-27-16/h3-7,9,12-13H,8,10-11H2,1-2H3,(H,21,24). The lowest BCUT2D eigenvalue weighted by Crippen LogP contribution is -2.34. The van der Waals surface area contributed by atoms with Crippen LogP contribution in [0.25, 0.3) is 11.3 Å². The summed E-state index contributed by atoms with van der Waals surface area (Å²) in [4.78, 5) is 16.7. The van der Waals surface area contributed by atoms with Crippen LogP contribution in [0.1, 0.15) is 23.3 Å². The summed E-state index contributed by atoms with van der Waals surface area (Å²) in [7, 11) is -3.31. The van der Waals surface area contributed by atoms with Gasteiger partial charge in [-0.3, -0.25) is 9.10 Å². The number of hydrogen-bond donors (Lipinski definition) is 1. The quantitative estimate of drug-likeness (QED) is 0.648. The molecule has 1 atom stereocenters. The Morgan fingerprint density at radius 3 is 2.93 bits per heavy atom. The van der Waals surface area contributed by atoms with Crippen LogP contribution in [0.5, 0.6) is 0 Å². The molecular weight excluding hydrogens is 410 g/mol. The van der Waals surface area contributed by atoms with E-state index in [0.717, 1.165) is 27.5 Å². The maximum absolute atomic E-state index is 12.1. The molecule has 0 saturated carbocycles. The molecule has 0 bridgehead atoms. The first-order valence-electron chi connectivity index (χ1n) is 9.17. The predicted molar refractivity (Wildman–Crippen MR) is 112 cm³/mol. The van der Waals surface area contributed by atoms with Gasteiger partial charge in [-0.25, -0.2) is 13.4 Å². The molecule has 9 heteroatoms. The summed E-state index contributed by atoms with van der Waals surface area (Å²) in [6.45, 7) is 2.26. The second kappa shape index (κ2) is 7.64. The monoisotopic (exact) mass is 431 g/mol. The number of benzene rings is 1. The first-order chi connectivity index (χ1) is 13.8. The van der Waals surface area contributed by atoms with E-state index < -0.39 is 10.0 Å². The minimum Gasteiger partial charge on any atom is -0.467 e. The molecule has 1 unspecified atom stereocenters. The molecule has 7 nitrogen and oxygen atoms in total. The Morgan fingerprint density at radius 2 is 2.21 bits per heavy atom. The molecule has 4 rings (SSSR count). The molecule has 152 valence electrons. The minimum absolute atomic E-state index is 0.0981. The molecule has 0 spiro atoms. The molecule has 1 aliphatic rings. The van der Waals surface area contributed by atoms with Crippen LogP contribution in [-0.2, 0) is 34.2 Å². The van der Waals surface area contributed by atoms with Gasteiger partial charge in [-0.05, 0) is 43.2 Å². The smallest absolute Gasteiger partial charge is 0.232 e. The Morgan fingerprint density at radius 1 is 1.38 bits per heavy atom. The molecule has 1 N–H and O–H groups in total. The maximum atomic E-state index is 12.1. The number of carbonyl (C=O) groups is 1. The fourth-order valence-electron chi connectivity index (χ4n) is 3.59. The summed E-state index contributed by atoms with van der Waals surface area (Å²) in [6.07, 6.45) is 3.68. The third-order valence-corrected chi connectivity index (χ3v) is 6.91. The maximum Gasteiger partial charge on any atom is 0.232 e. The summed E-state index contributed by atoms with van der Waals surface area (Å²) < 4.78 is 30.8. The fourth-order valence-corrected chi connectivity index (χ4v) is 5.66. The van der Waals surface area contributed by atoms with Gasteiger partial charge in [0.25, 0.3) is 0 Å². The summed E-state index contributed by atoms with van der Waals surface area (Å²) in [5, 5.41) is 5.46. The van der Waals surface area contributed by atoms with Crippen molar-refractivity contribution >= 4 is 33.0 Å². The van der Waals surface area contributed by atoms with Crippen molar-refractivity contribution in [3.05, 3.63) is 58.3 Å². The SMILES string of the molecule is CC1Cc2cc(-c3csc(CC(=O)NCc4ccco4)n3)ccc2N1S(C)(=O)=O.